The number of sulfonamides is 1. The van der Waals surface area contributed by atoms with Crippen molar-refractivity contribution in [2.45, 2.75) is 167 Å². The van der Waals surface area contributed by atoms with Gasteiger partial charge >= 0.3 is 5.97 Å². The maximum Gasteiger partial charge on any atom is 0.306 e. The van der Waals surface area contributed by atoms with Gasteiger partial charge in [-0.1, -0.05) is 129 Å². The molecule has 0 fully saturated rings. The average molecular weight is 650 g/mol. The third-order valence-electron chi connectivity index (χ3n) is 7.63. The van der Waals surface area contributed by atoms with Crippen molar-refractivity contribution in [3.63, 3.8) is 0 Å². The Morgan fingerprint density at radius 1 is 0.778 bits per heavy atom. The predicted molar refractivity (Wildman–Crippen MR) is 186 cm³/mol. The normalized spacial score (nSPS) is 12.3. The van der Waals surface area contributed by atoms with Crippen molar-refractivity contribution in [1.82, 2.24) is 4.72 Å². The maximum absolute atomic E-state index is 12.5. The van der Waals surface area contributed by atoms with Crippen LogP contribution in [0.3, 0.4) is 0 Å². The molecule has 7 nitrogen and oxygen atoms in total. The summed E-state index contributed by atoms with van der Waals surface area (Å²) in [5.74, 6) is 12.5. The molecule has 0 spiro atoms. The molecule has 0 aromatic carbocycles. The third-order valence-corrected chi connectivity index (χ3v) is 9.15. The van der Waals surface area contributed by atoms with Crippen LogP contribution in [-0.4, -0.2) is 57.2 Å². The Hall–Kier alpha value is -2.02. The van der Waals surface area contributed by atoms with Gasteiger partial charge in [0.25, 0.3) is 0 Å². The van der Waals surface area contributed by atoms with E-state index in [1.165, 1.54) is 77.0 Å². The zero-order valence-corrected chi connectivity index (χ0v) is 29.3. The quantitative estimate of drug-likeness (QED) is 0.0459. The van der Waals surface area contributed by atoms with Gasteiger partial charge in [0, 0.05) is 19.3 Å². The number of aliphatic hydroxyl groups excluding tert-OH is 1. The monoisotopic (exact) mass is 649 g/mol. The van der Waals surface area contributed by atoms with Crippen molar-refractivity contribution in [3.05, 3.63) is 0 Å². The fraction of sp³-hybridized carbons (Fsp3) is 0.811. The molecule has 0 aromatic rings. The first kappa shape index (κ1) is 43.0. The largest absolute Gasteiger partial charge is 0.461 e. The molecule has 8 heteroatoms. The van der Waals surface area contributed by atoms with Crippen LogP contribution in [0.2, 0.25) is 0 Å². The number of rotatable bonds is 31. The molecule has 0 aliphatic carbocycles. The van der Waals surface area contributed by atoms with Crippen molar-refractivity contribution in [3.8, 4) is 36.0 Å². The number of aliphatic hydroxyl groups is 1. The van der Waals surface area contributed by atoms with E-state index in [-0.39, 0.29) is 31.5 Å². The number of ether oxygens (including phenoxy) is 2. The molecule has 2 N–H and O–H groups in total. The number of unbranched alkanes of at least 4 members (excludes halogenated alkanes) is 17. The number of hydrogen-bond acceptors (Lipinski definition) is 6. The van der Waals surface area contributed by atoms with E-state index in [0.29, 0.717) is 25.7 Å². The number of carbonyl (C=O) groups excluding carboxylic acids is 1. The second kappa shape index (κ2) is 31.9. The van der Waals surface area contributed by atoms with Gasteiger partial charge in [0.05, 0.1) is 31.6 Å². The van der Waals surface area contributed by atoms with Gasteiger partial charge in [-0.15, -0.1) is 6.42 Å². The fourth-order valence-corrected chi connectivity index (χ4v) is 6.31. The van der Waals surface area contributed by atoms with Gasteiger partial charge in [-0.3, -0.25) is 4.79 Å². The highest BCUT2D eigenvalue weighted by atomic mass is 32.2. The Kier molecular flexibility index (Phi) is 30.5. The van der Waals surface area contributed by atoms with Crippen molar-refractivity contribution < 1.29 is 27.8 Å². The standard InChI is InChI=1S/C37H63NO6S/c1-4-7-10-13-15-17-19-21-24-27-32-45(41,42)38-35(33-39)34-43-31-30-36(28-25-22-12-9-6-3)44-37(40)29-26-23-20-18-16-14-11-8-5-2/h3,35-36,38-39H,4-5,7-8,10-11,13-21,23-24,26-34H2,1-2H3/t35-,36+/m0/s1. The summed E-state index contributed by atoms with van der Waals surface area (Å²) in [6.45, 7) is 4.31. The van der Waals surface area contributed by atoms with Gasteiger partial charge in [-0.2, -0.15) is 0 Å². The van der Waals surface area contributed by atoms with Crippen LogP contribution in [-0.2, 0) is 24.3 Å². The lowest BCUT2D eigenvalue weighted by Crippen LogP contribution is -2.42. The van der Waals surface area contributed by atoms with Crippen molar-refractivity contribution >= 4 is 16.0 Å². The Bertz CT molecular complexity index is 982. The van der Waals surface area contributed by atoms with Gasteiger partial charge < -0.3 is 14.6 Å². The maximum atomic E-state index is 12.5. The predicted octanol–water partition coefficient (Wildman–Crippen LogP) is 7.46. The second-order valence-corrected chi connectivity index (χ2v) is 13.8. The van der Waals surface area contributed by atoms with Crippen molar-refractivity contribution in [1.29, 1.82) is 0 Å². The summed E-state index contributed by atoms with van der Waals surface area (Å²) in [7, 11) is -3.51. The Morgan fingerprint density at radius 3 is 1.84 bits per heavy atom. The molecule has 0 aliphatic heterocycles. The van der Waals surface area contributed by atoms with Crippen molar-refractivity contribution in [2.24, 2.45) is 0 Å². The van der Waals surface area contributed by atoms with Gasteiger partial charge in [0.15, 0.2) is 0 Å². The van der Waals surface area contributed by atoms with Gasteiger partial charge in [0.2, 0.25) is 10.0 Å². The van der Waals surface area contributed by atoms with Crippen LogP contribution in [0.1, 0.15) is 155 Å². The van der Waals surface area contributed by atoms with Crippen LogP contribution in [0.25, 0.3) is 0 Å². The first-order valence-corrected chi connectivity index (χ1v) is 19.3. The van der Waals surface area contributed by atoms with Crippen molar-refractivity contribution in [2.75, 3.05) is 25.6 Å². The topological polar surface area (TPSA) is 102 Å². The number of hydrogen-bond donors (Lipinski definition) is 2. The SMILES string of the molecule is C#CC#CC#CC[C@H](CCOC[C@H](CO)NS(=O)(=O)CCCCCCCCCCCC)OC(=O)CCCCCCCCCCC. The molecule has 0 rings (SSSR count). The Morgan fingerprint density at radius 2 is 1.31 bits per heavy atom. The molecular weight excluding hydrogens is 586 g/mol. The van der Waals surface area contributed by atoms with Gasteiger partial charge in [0.1, 0.15) is 6.10 Å². The first-order valence-electron chi connectivity index (χ1n) is 17.7. The minimum absolute atomic E-state index is 0.0200. The minimum atomic E-state index is -3.51. The molecule has 0 radical (unpaired) electrons. The van der Waals surface area contributed by atoms with E-state index in [1.54, 1.807) is 0 Å². The summed E-state index contributed by atoms with van der Waals surface area (Å²) in [6.07, 6.45) is 27.5. The number of nitrogens with one attached hydrogen (secondary N) is 1. The zero-order valence-electron chi connectivity index (χ0n) is 28.5. The van der Waals surface area contributed by atoms with Crippen LogP contribution < -0.4 is 4.72 Å². The van der Waals surface area contributed by atoms with Gasteiger partial charge in [-0.05, 0) is 36.5 Å². The molecule has 2 atom stereocenters. The van der Waals surface area contributed by atoms with E-state index < -0.39 is 22.2 Å². The summed E-state index contributed by atoms with van der Waals surface area (Å²) in [4.78, 5) is 12.5. The van der Waals surface area contributed by atoms with E-state index in [4.69, 9.17) is 15.9 Å². The first-order chi connectivity index (χ1) is 21.9. The van der Waals surface area contributed by atoms with Crippen LogP contribution in [0.15, 0.2) is 0 Å². The molecule has 45 heavy (non-hydrogen) atoms. The number of terminal acetylenes is 1. The van der Waals surface area contributed by atoms with E-state index in [0.717, 1.165) is 38.5 Å². The summed E-state index contributed by atoms with van der Waals surface area (Å²) < 4.78 is 38.9. The summed E-state index contributed by atoms with van der Waals surface area (Å²) in [6, 6.07) is -0.732. The third kappa shape index (κ3) is 30.4. The van der Waals surface area contributed by atoms with Crippen LogP contribution in [0.5, 0.6) is 0 Å². The fourth-order valence-electron chi connectivity index (χ4n) is 4.96. The molecular formula is C37H63NO6S. The van der Waals surface area contributed by atoms with E-state index in [2.05, 4.69) is 48.2 Å². The van der Waals surface area contributed by atoms with E-state index in [9.17, 15) is 18.3 Å². The average Bonchev–Trinajstić information content (AvgIpc) is 3.02. The minimum Gasteiger partial charge on any atom is -0.461 e. The second-order valence-electron chi connectivity index (χ2n) is 12.0. The van der Waals surface area contributed by atoms with E-state index >= 15 is 0 Å². The zero-order chi connectivity index (χ0) is 33.3. The van der Waals surface area contributed by atoms with Crippen LogP contribution in [0.4, 0.5) is 0 Å². The lowest BCUT2D eigenvalue weighted by Gasteiger charge is -2.19. The van der Waals surface area contributed by atoms with E-state index in [1.807, 2.05) is 0 Å². The number of carbonyl (C=O) groups is 1. The Balaban J connectivity index is 4.41. The molecule has 0 bridgehead atoms. The molecule has 0 amide bonds. The molecule has 0 saturated carbocycles. The smallest absolute Gasteiger partial charge is 0.306 e. The highest BCUT2D eigenvalue weighted by Crippen LogP contribution is 2.13. The van der Waals surface area contributed by atoms with Crippen LogP contribution >= 0.6 is 0 Å². The Labute approximate surface area is 276 Å². The summed E-state index contributed by atoms with van der Waals surface area (Å²) in [5, 5.41) is 9.71. The highest BCUT2D eigenvalue weighted by molar-refractivity contribution is 7.89. The molecule has 258 valence electrons. The lowest BCUT2D eigenvalue weighted by molar-refractivity contribution is -0.149. The van der Waals surface area contributed by atoms with Crippen LogP contribution in [0, 0.1) is 36.0 Å². The van der Waals surface area contributed by atoms with Gasteiger partial charge in [-0.25, -0.2) is 13.1 Å². The molecule has 0 saturated heterocycles. The summed E-state index contributed by atoms with van der Waals surface area (Å²) >= 11 is 0. The lowest BCUT2D eigenvalue weighted by atomic mass is 10.1. The molecule has 0 aromatic heterocycles. The molecule has 0 heterocycles. The summed E-state index contributed by atoms with van der Waals surface area (Å²) in [5.41, 5.74) is 0. The highest BCUT2D eigenvalue weighted by Gasteiger charge is 2.18. The number of esters is 1. The molecule has 0 aliphatic rings. The molecule has 0 unspecified atom stereocenters.